The van der Waals surface area contributed by atoms with E-state index in [1.54, 1.807) is 25.6 Å². The molecule has 0 aliphatic carbocycles. The number of hydrogen-bond acceptors (Lipinski definition) is 5. The van der Waals surface area contributed by atoms with Gasteiger partial charge < -0.3 is 14.1 Å². The second-order valence-corrected chi connectivity index (χ2v) is 4.69. The molecule has 1 aliphatic heterocycles. The van der Waals surface area contributed by atoms with Crippen molar-refractivity contribution in [3.05, 3.63) is 36.2 Å². The summed E-state index contributed by atoms with van der Waals surface area (Å²) in [7, 11) is 1.59. The Morgan fingerprint density at radius 1 is 1.25 bits per heavy atom. The number of methoxy groups -OCH3 is 1. The summed E-state index contributed by atoms with van der Waals surface area (Å²) in [4.78, 5) is 10.7. The zero-order chi connectivity index (χ0) is 13.8. The maximum atomic E-state index is 5.77. The van der Waals surface area contributed by atoms with Gasteiger partial charge in [-0.3, -0.25) is 4.99 Å². The summed E-state index contributed by atoms with van der Waals surface area (Å²) in [5.41, 5.74) is 0.768. The van der Waals surface area contributed by atoms with Crippen LogP contribution in [0.15, 0.2) is 39.9 Å². The smallest absolute Gasteiger partial charge is 0.213 e. The third-order valence-electron chi connectivity index (χ3n) is 3.30. The first-order valence-corrected chi connectivity index (χ1v) is 6.74. The zero-order valence-electron chi connectivity index (χ0n) is 11.5. The molecule has 0 N–H and O–H groups in total. The monoisotopic (exact) mass is 271 g/mol. The Labute approximate surface area is 117 Å². The summed E-state index contributed by atoms with van der Waals surface area (Å²) in [6.07, 6.45) is 5.85. The minimum absolute atomic E-state index is 0.582. The molecule has 0 spiro atoms. The number of pyridine rings is 1. The summed E-state index contributed by atoms with van der Waals surface area (Å²) in [5, 5.41) is 0. The number of nitrogens with zero attached hydrogens (tertiary/aromatic N) is 3. The highest BCUT2D eigenvalue weighted by atomic mass is 16.5. The molecule has 1 fully saturated rings. The standard InChI is InChI=1S/C15H17N3O2/c1-19-14-6-4-12(10-17-14)16-11-13-5-7-15(20-13)18-8-2-3-9-18/h4-7,10-11H,2-3,8-9H2,1H3. The van der Waals surface area contributed by atoms with Gasteiger partial charge >= 0.3 is 0 Å². The van der Waals surface area contributed by atoms with E-state index < -0.39 is 0 Å². The fourth-order valence-corrected chi connectivity index (χ4v) is 2.23. The second kappa shape index (κ2) is 5.77. The van der Waals surface area contributed by atoms with E-state index >= 15 is 0 Å². The van der Waals surface area contributed by atoms with Crippen LogP contribution >= 0.6 is 0 Å². The molecule has 3 rings (SSSR count). The molecule has 2 aromatic rings. The van der Waals surface area contributed by atoms with E-state index in [0.29, 0.717) is 5.88 Å². The molecule has 0 atom stereocenters. The van der Waals surface area contributed by atoms with Crippen molar-refractivity contribution in [1.29, 1.82) is 0 Å². The lowest BCUT2D eigenvalue weighted by Gasteiger charge is -2.12. The summed E-state index contributed by atoms with van der Waals surface area (Å²) >= 11 is 0. The highest BCUT2D eigenvalue weighted by Gasteiger charge is 2.14. The predicted octanol–water partition coefficient (Wildman–Crippen LogP) is 3.03. The van der Waals surface area contributed by atoms with E-state index in [1.807, 2.05) is 18.2 Å². The second-order valence-electron chi connectivity index (χ2n) is 4.69. The van der Waals surface area contributed by atoms with E-state index in [0.717, 1.165) is 30.4 Å². The molecule has 5 nitrogen and oxygen atoms in total. The topological polar surface area (TPSA) is 50.9 Å². The first-order chi connectivity index (χ1) is 9.85. The van der Waals surface area contributed by atoms with Crippen LogP contribution in [0.1, 0.15) is 18.6 Å². The molecule has 3 heterocycles. The fraction of sp³-hybridized carbons (Fsp3) is 0.333. The van der Waals surface area contributed by atoms with Gasteiger partial charge in [0.2, 0.25) is 5.88 Å². The number of aliphatic imine (C=N–C) groups is 1. The Kier molecular flexibility index (Phi) is 3.67. The molecule has 1 aliphatic rings. The number of rotatable bonds is 4. The van der Waals surface area contributed by atoms with Crippen molar-refractivity contribution in [2.75, 3.05) is 25.1 Å². The molecule has 0 bridgehead atoms. The van der Waals surface area contributed by atoms with Gasteiger partial charge in [-0.25, -0.2) is 4.98 Å². The summed E-state index contributed by atoms with van der Waals surface area (Å²) in [5.74, 6) is 2.26. The van der Waals surface area contributed by atoms with Crippen LogP contribution in [0, 0.1) is 0 Å². The minimum Gasteiger partial charge on any atom is -0.481 e. The Balaban J connectivity index is 1.68. The van der Waals surface area contributed by atoms with Crippen molar-refractivity contribution >= 4 is 17.8 Å². The lowest BCUT2D eigenvalue weighted by molar-refractivity contribution is 0.398. The van der Waals surface area contributed by atoms with E-state index in [4.69, 9.17) is 9.15 Å². The number of aromatic nitrogens is 1. The van der Waals surface area contributed by atoms with Gasteiger partial charge in [-0.2, -0.15) is 0 Å². The first-order valence-electron chi connectivity index (χ1n) is 6.74. The molecular formula is C15H17N3O2. The van der Waals surface area contributed by atoms with Crippen molar-refractivity contribution in [3.8, 4) is 5.88 Å². The number of ether oxygens (including phenoxy) is 1. The van der Waals surface area contributed by atoms with Gasteiger partial charge in [0.1, 0.15) is 5.76 Å². The van der Waals surface area contributed by atoms with Crippen molar-refractivity contribution in [2.45, 2.75) is 12.8 Å². The summed E-state index contributed by atoms with van der Waals surface area (Å²) in [6, 6.07) is 7.57. The van der Waals surface area contributed by atoms with Crippen LogP contribution in [0.5, 0.6) is 5.88 Å². The first kappa shape index (κ1) is 12.7. The highest BCUT2D eigenvalue weighted by molar-refractivity contribution is 5.79. The molecule has 1 saturated heterocycles. The van der Waals surface area contributed by atoms with Crippen molar-refractivity contribution in [1.82, 2.24) is 4.98 Å². The van der Waals surface area contributed by atoms with Gasteiger partial charge in [0.25, 0.3) is 0 Å². The van der Waals surface area contributed by atoms with E-state index in [9.17, 15) is 0 Å². The third kappa shape index (κ3) is 2.82. The Bertz CT molecular complexity index is 583. The fourth-order valence-electron chi connectivity index (χ4n) is 2.23. The third-order valence-corrected chi connectivity index (χ3v) is 3.30. The average molecular weight is 271 g/mol. The predicted molar refractivity (Wildman–Crippen MR) is 78.2 cm³/mol. The summed E-state index contributed by atoms with van der Waals surface area (Å²) in [6.45, 7) is 2.15. The average Bonchev–Trinajstić information content (AvgIpc) is 3.16. The maximum absolute atomic E-state index is 5.77. The minimum atomic E-state index is 0.582. The molecule has 0 saturated carbocycles. The van der Waals surface area contributed by atoms with Gasteiger partial charge in [0.05, 0.1) is 25.2 Å². The lowest BCUT2D eigenvalue weighted by Crippen LogP contribution is -2.16. The molecule has 20 heavy (non-hydrogen) atoms. The van der Waals surface area contributed by atoms with Crippen LogP contribution < -0.4 is 9.64 Å². The molecule has 0 amide bonds. The van der Waals surface area contributed by atoms with Gasteiger partial charge in [-0.1, -0.05) is 0 Å². The van der Waals surface area contributed by atoms with Crippen LogP contribution in [0.4, 0.5) is 11.6 Å². The van der Waals surface area contributed by atoms with Crippen LogP contribution in [-0.2, 0) is 0 Å². The Morgan fingerprint density at radius 3 is 2.80 bits per heavy atom. The quantitative estimate of drug-likeness (QED) is 0.802. The normalized spacial score (nSPS) is 15.2. The zero-order valence-corrected chi connectivity index (χ0v) is 11.5. The lowest BCUT2D eigenvalue weighted by atomic mass is 10.4. The van der Waals surface area contributed by atoms with Gasteiger partial charge in [0.15, 0.2) is 5.88 Å². The highest BCUT2D eigenvalue weighted by Crippen LogP contribution is 2.22. The molecule has 0 aromatic carbocycles. The van der Waals surface area contributed by atoms with Crippen LogP contribution in [0.25, 0.3) is 0 Å². The van der Waals surface area contributed by atoms with Crippen LogP contribution in [0.3, 0.4) is 0 Å². The SMILES string of the molecule is COc1ccc(N=Cc2ccc(N3CCCC3)o2)cn1. The molecule has 5 heteroatoms. The molecule has 2 aromatic heterocycles. The van der Waals surface area contributed by atoms with E-state index in [-0.39, 0.29) is 0 Å². The number of hydrogen-bond donors (Lipinski definition) is 0. The molecule has 0 radical (unpaired) electrons. The Morgan fingerprint density at radius 2 is 2.10 bits per heavy atom. The van der Waals surface area contributed by atoms with Crippen molar-refractivity contribution in [2.24, 2.45) is 4.99 Å². The summed E-state index contributed by atoms with van der Waals surface area (Å²) < 4.78 is 10.8. The van der Waals surface area contributed by atoms with Gasteiger partial charge in [-0.05, 0) is 25.0 Å². The van der Waals surface area contributed by atoms with Gasteiger partial charge in [-0.15, -0.1) is 0 Å². The number of furan rings is 1. The van der Waals surface area contributed by atoms with Crippen molar-refractivity contribution in [3.63, 3.8) is 0 Å². The molecule has 104 valence electrons. The van der Waals surface area contributed by atoms with Crippen LogP contribution in [-0.4, -0.2) is 31.4 Å². The van der Waals surface area contributed by atoms with Gasteiger partial charge in [0, 0.05) is 25.2 Å². The maximum Gasteiger partial charge on any atom is 0.213 e. The number of anilines is 1. The van der Waals surface area contributed by atoms with Crippen LogP contribution in [0.2, 0.25) is 0 Å². The van der Waals surface area contributed by atoms with E-state index in [2.05, 4.69) is 14.9 Å². The molecule has 0 unspecified atom stereocenters. The largest absolute Gasteiger partial charge is 0.481 e. The molecular weight excluding hydrogens is 254 g/mol. The van der Waals surface area contributed by atoms with E-state index in [1.165, 1.54) is 12.8 Å². The Hall–Kier alpha value is -2.30. The van der Waals surface area contributed by atoms with Crippen molar-refractivity contribution < 1.29 is 9.15 Å².